The summed E-state index contributed by atoms with van der Waals surface area (Å²) in [5.41, 5.74) is 0. The summed E-state index contributed by atoms with van der Waals surface area (Å²) < 4.78 is 2.27. The molecule has 1 N–H and O–H groups in total. The van der Waals surface area contributed by atoms with Gasteiger partial charge in [0.05, 0.1) is 0 Å². The van der Waals surface area contributed by atoms with Gasteiger partial charge >= 0.3 is 0 Å². The molecule has 3 heterocycles. The maximum atomic E-state index is 4.53. The monoisotopic (exact) mass is 478 g/mol. The number of aryl methyl sites for hydroxylation is 2. The molecule has 25 heavy (non-hydrogen) atoms. The van der Waals surface area contributed by atoms with Crippen LogP contribution >= 0.6 is 35.7 Å². The molecule has 2 aliphatic heterocycles. The summed E-state index contributed by atoms with van der Waals surface area (Å²) >= 11 is 2.10. The van der Waals surface area contributed by atoms with Crippen LogP contribution in [0.4, 0.5) is 0 Å². The van der Waals surface area contributed by atoms with Gasteiger partial charge in [-0.15, -0.1) is 34.2 Å². The van der Waals surface area contributed by atoms with E-state index in [4.69, 9.17) is 0 Å². The molecule has 142 valence electrons. The van der Waals surface area contributed by atoms with E-state index < -0.39 is 0 Å². The van der Waals surface area contributed by atoms with Gasteiger partial charge in [0.15, 0.2) is 5.96 Å². The third kappa shape index (κ3) is 5.02. The molecule has 6 nitrogen and oxygen atoms in total. The molecule has 0 amide bonds. The largest absolute Gasteiger partial charge is 0.356 e. The Morgan fingerprint density at radius 3 is 2.88 bits per heavy atom. The molecule has 3 rings (SSSR count). The highest BCUT2D eigenvalue weighted by Crippen LogP contribution is 2.25. The lowest BCUT2D eigenvalue weighted by Crippen LogP contribution is -2.50. The van der Waals surface area contributed by atoms with Gasteiger partial charge in [-0.25, -0.2) is 0 Å². The van der Waals surface area contributed by atoms with E-state index in [9.17, 15) is 0 Å². The minimum absolute atomic E-state index is 0. The Bertz CT molecular complexity index is 588. The first-order chi connectivity index (χ1) is 11.6. The molecule has 0 saturated carbocycles. The number of thioether (sulfide) groups is 1. The van der Waals surface area contributed by atoms with Crippen LogP contribution in [0.15, 0.2) is 4.99 Å². The number of nitrogens with zero attached hydrogens (tertiary/aromatic N) is 5. The van der Waals surface area contributed by atoms with Crippen molar-refractivity contribution < 1.29 is 0 Å². The van der Waals surface area contributed by atoms with E-state index in [1.54, 1.807) is 0 Å². The smallest absolute Gasteiger partial charge is 0.193 e. The van der Waals surface area contributed by atoms with Crippen LogP contribution in [0, 0.1) is 18.8 Å². The molecule has 0 radical (unpaired) electrons. The topological polar surface area (TPSA) is 58.3 Å². The minimum atomic E-state index is 0. The van der Waals surface area contributed by atoms with Crippen molar-refractivity contribution in [1.29, 1.82) is 0 Å². The predicted octanol–water partition coefficient (Wildman–Crippen LogP) is 2.42. The van der Waals surface area contributed by atoms with Crippen molar-refractivity contribution in [3.05, 3.63) is 11.6 Å². The number of nitrogens with one attached hydrogen (secondary N) is 1. The van der Waals surface area contributed by atoms with Crippen LogP contribution in [0.25, 0.3) is 0 Å². The average Bonchev–Trinajstić information content (AvgIpc) is 2.96. The predicted molar refractivity (Wildman–Crippen MR) is 116 cm³/mol. The van der Waals surface area contributed by atoms with Crippen molar-refractivity contribution in [1.82, 2.24) is 25.0 Å². The summed E-state index contributed by atoms with van der Waals surface area (Å²) in [6.45, 7) is 10.9. The Balaban J connectivity index is 0.00000225. The molecule has 1 aromatic rings. The van der Waals surface area contributed by atoms with Crippen LogP contribution in [0.2, 0.25) is 0 Å². The zero-order valence-corrected chi connectivity index (χ0v) is 18.9. The van der Waals surface area contributed by atoms with Crippen molar-refractivity contribution in [3.63, 3.8) is 0 Å². The highest BCUT2D eigenvalue weighted by molar-refractivity contribution is 14.0. The van der Waals surface area contributed by atoms with Gasteiger partial charge in [-0.3, -0.25) is 4.99 Å². The third-order valence-corrected chi connectivity index (χ3v) is 6.67. The van der Waals surface area contributed by atoms with Gasteiger partial charge < -0.3 is 14.8 Å². The number of hydrogen-bond donors (Lipinski definition) is 1. The number of aliphatic imine (C=N–C) groups is 1. The molecule has 1 fully saturated rings. The lowest BCUT2D eigenvalue weighted by atomic mass is 9.99. The lowest BCUT2D eigenvalue weighted by molar-refractivity contribution is 0.342. The van der Waals surface area contributed by atoms with Gasteiger partial charge in [0.1, 0.15) is 11.6 Å². The van der Waals surface area contributed by atoms with Crippen LogP contribution in [0.5, 0.6) is 0 Å². The Kier molecular flexibility index (Phi) is 7.85. The maximum Gasteiger partial charge on any atom is 0.193 e. The summed E-state index contributed by atoms with van der Waals surface area (Å²) in [6.07, 6.45) is 2.20. The Morgan fingerprint density at radius 2 is 2.16 bits per heavy atom. The van der Waals surface area contributed by atoms with Crippen LogP contribution in [0.3, 0.4) is 0 Å². The zero-order chi connectivity index (χ0) is 17.1. The number of halogens is 1. The van der Waals surface area contributed by atoms with Crippen molar-refractivity contribution in [2.45, 2.75) is 45.4 Å². The van der Waals surface area contributed by atoms with E-state index >= 15 is 0 Å². The maximum absolute atomic E-state index is 4.53. The summed E-state index contributed by atoms with van der Waals surface area (Å²) in [5, 5.41) is 12.8. The highest BCUT2D eigenvalue weighted by atomic mass is 127. The van der Waals surface area contributed by atoms with Crippen LogP contribution < -0.4 is 5.32 Å². The fourth-order valence-electron chi connectivity index (χ4n) is 3.54. The Morgan fingerprint density at radius 1 is 1.36 bits per heavy atom. The first-order valence-electron chi connectivity index (χ1n) is 9.04. The second kappa shape index (κ2) is 9.43. The average molecular weight is 478 g/mol. The van der Waals surface area contributed by atoms with Gasteiger partial charge in [-0.05, 0) is 25.2 Å². The molecule has 1 saturated heterocycles. The number of aromatic nitrogens is 3. The van der Waals surface area contributed by atoms with E-state index in [2.05, 4.69) is 55.6 Å². The van der Waals surface area contributed by atoms with Crippen molar-refractivity contribution in [2.75, 3.05) is 32.4 Å². The molecule has 2 aliphatic rings. The van der Waals surface area contributed by atoms with Crippen LogP contribution in [-0.2, 0) is 13.0 Å². The van der Waals surface area contributed by atoms with Gasteiger partial charge in [0.2, 0.25) is 0 Å². The van der Waals surface area contributed by atoms with Crippen LogP contribution in [0.1, 0.15) is 31.9 Å². The van der Waals surface area contributed by atoms with Gasteiger partial charge in [0.25, 0.3) is 0 Å². The molecule has 2 unspecified atom stereocenters. The van der Waals surface area contributed by atoms with Crippen molar-refractivity contribution in [3.8, 4) is 0 Å². The SMILES string of the molecule is CN=C(NCC1CCc2nnc(C)n2C1)N1CCSC(C(C)C)C1.I. The fraction of sp³-hybridized carbons (Fsp3) is 0.824. The first kappa shape index (κ1) is 20.8. The van der Waals surface area contributed by atoms with E-state index in [1.165, 1.54) is 12.2 Å². The molecule has 8 heteroatoms. The van der Waals surface area contributed by atoms with Gasteiger partial charge in [-0.2, -0.15) is 11.8 Å². The van der Waals surface area contributed by atoms with Gasteiger partial charge in [0, 0.05) is 50.7 Å². The van der Waals surface area contributed by atoms with E-state index in [0.717, 1.165) is 50.2 Å². The van der Waals surface area contributed by atoms with Crippen molar-refractivity contribution >= 4 is 41.7 Å². The second-order valence-corrected chi connectivity index (χ2v) is 8.55. The molecule has 1 aromatic heterocycles. The molecular weight excluding hydrogens is 447 g/mol. The Hall–Kier alpha value is -0.510. The number of fused-ring (bicyclic) bond motifs is 1. The molecule has 0 aliphatic carbocycles. The quantitative estimate of drug-likeness (QED) is 0.411. The standard InChI is InChI=1S/C17H30N6S.HI/c1-12(2)15-11-22(7-8-24-15)17(18-4)19-9-14-5-6-16-21-20-13(3)23(16)10-14;/h12,14-15H,5-11H2,1-4H3,(H,18,19);1H. The fourth-order valence-corrected chi connectivity index (χ4v) is 4.83. The molecule has 0 bridgehead atoms. The van der Waals surface area contributed by atoms with E-state index in [0.29, 0.717) is 17.1 Å². The third-order valence-electron chi connectivity index (χ3n) is 5.13. The second-order valence-electron chi connectivity index (χ2n) is 7.21. The van der Waals surface area contributed by atoms with Crippen LogP contribution in [-0.4, -0.2) is 63.3 Å². The summed E-state index contributed by atoms with van der Waals surface area (Å²) in [7, 11) is 1.90. The summed E-state index contributed by atoms with van der Waals surface area (Å²) in [5.74, 6) is 5.75. The number of hydrogen-bond acceptors (Lipinski definition) is 4. The normalized spacial score (nSPS) is 24.0. The summed E-state index contributed by atoms with van der Waals surface area (Å²) in [4.78, 5) is 6.96. The molecule has 0 spiro atoms. The number of guanidine groups is 1. The zero-order valence-electron chi connectivity index (χ0n) is 15.7. The van der Waals surface area contributed by atoms with Crippen molar-refractivity contribution in [2.24, 2.45) is 16.8 Å². The molecule has 0 aromatic carbocycles. The Labute approximate surface area is 172 Å². The van der Waals surface area contributed by atoms with E-state index in [-0.39, 0.29) is 24.0 Å². The molecule has 2 atom stereocenters. The minimum Gasteiger partial charge on any atom is -0.356 e. The number of rotatable bonds is 3. The highest BCUT2D eigenvalue weighted by Gasteiger charge is 2.26. The first-order valence-corrected chi connectivity index (χ1v) is 10.1. The van der Waals surface area contributed by atoms with E-state index in [1.807, 2.05) is 14.0 Å². The summed E-state index contributed by atoms with van der Waals surface area (Å²) in [6, 6.07) is 0. The lowest BCUT2D eigenvalue weighted by Gasteiger charge is -2.37. The van der Waals surface area contributed by atoms with Gasteiger partial charge in [-0.1, -0.05) is 13.8 Å². The molecular formula is C17H31IN6S.